The molecule has 1 amide bonds. The van der Waals surface area contributed by atoms with Gasteiger partial charge in [0, 0.05) is 22.8 Å². The smallest absolute Gasteiger partial charge is 0.323 e. The molecule has 0 saturated carbocycles. The van der Waals surface area contributed by atoms with Crippen molar-refractivity contribution >= 4 is 34.3 Å². The van der Waals surface area contributed by atoms with E-state index >= 15 is 0 Å². The SMILES string of the molecule is O=C(O)CN(C(=O)C(=O)c1c[nH]c2cc(F)ccc12)c1ccccc1. The van der Waals surface area contributed by atoms with Crippen LogP contribution in [-0.4, -0.2) is 34.3 Å². The molecule has 0 fully saturated rings. The van der Waals surface area contributed by atoms with Crippen LogP contribution in [0.2, 0.25) is 0 Å². The number of H-pyrrole nitrogens is 1. The Hall–Kier alpha value is -3.48. The van der Waals surface area contributed by atoms with Crippen molar-refractivity contribution in [3.63, 3.8) is 0 Å². The van der Waals surface area contributed by atoms with Crippen molar-refractivity contribution < 1.29 is 23.9 Å². The fourth-order valence-corrected chi connectivity index (χ4v) is 2.55. The van der Waals surface area contributed by atoms with Crippen LogP contribution in [0, 0.1) is 5.82 Å². The molecule has 25 heavy (non-hydrogen) atoms. The van der Waals surface area contributed by atoms with Crippen LogP contribution >= 0.6 is 0 Å². The molecule has 0 spiro atoms. The standard InChI is InChI=1S/C18H13FN2O4/c19-11-6-7-13-14(9-20-15(13)8-11)17(24)18(25)21(10-16(22)23)12-4-2-1-3-5-12/h1-9,20H,10H2,(H,22,23). The van der Waals surface area contributed by atoms with Crippen molar-refractivity contribution in [2.24, 2.45) is 0 Å². The summed E-state index contributed by atoms with van der Waals surface area (Å²) in [7, 11) is 0. The molecule has 2 N–H and O–H groups in total. The number of halogens is 1. The Labute approximate surface area is 141 Å². The molecule has 0 aliphatic heterocycles. The first-order valence-electron chi connectivity index (χ1n) is 7.37. The summed E-state index contributed by atoms with van der Waals surface area (Å²) in [5.41, 5.74) is 0.737. The zero-order chi connectivity index (χ0) is 18.0. The van der Waals surface area contributed by atoms with Gasteiger partial charge in [0.1, 0.15) is 12.4 Å². The van der Waals surface area contributed by atoms with Crippen LogP contribution in [0.5, 0.6) is 0 Å². The average Bonchev–Trinajstić information content (AvgIpc) is 3.02. The number of carbonyl (C=O) groups is 3. The summed E-state index contributed by atoms with van der Waals surface area (Å²) >= 11 is 0. The summed E-state index contributed by atoms with van der Waals surface area (Å²) in [6.45, 7) is -0.647. The van der Waals surface area contributed by atoms with E-state index in [1.54, 1.807) is 30.3 Å². The first-order valence-corrected chi connectivity index (χ1v) is 7.37. The predicted molar refractivity (Wildman–Crippen MR) is 89.0 cm³/mol. The number of nitrogens with zero attached hydrogens (tertiary/aromatic N) is 1. The summed E-state index contributed by atoms with van der Waals surface area (Å²) in [6.07, 6.45) is 1.31. The minimum absolute atomic E-state index is 0.0614. The number of aromatic nitrogens is 1. The first kappa shape index (κ1) is 16.4. The number of para-hydroxylation sites is 1. The number of carbonyl (C=O) groups excluding carboxylic acids is 2. The van der Waals surface area contributed by atoms with Crippen molar-refractivity contribution in [2.45, 2.75) is 0 Å². The van der Waals surface area contributed by atoms with Gasteiger partial charge in [-0.1, -0.05) is 18.2 Å². The Morgan fingerprint density at radius 1 is 1.08 bits per heavy atom. The molecule has 0 saturated heterocycles. The number of carboxylic acids is 1. The maximum absolute atomic E-state index is 13.3. The number of rotatable bonds is 5. The molecule has 0 radical (unpaired) electrons. The number of benzene rings is 2. The number of fused-ring (bicyclic) bond motifs is 1. The molecule has 3 rings (SSSR count). The van der Waals surface area contributed by atoms with Crippen molar-refractivity contribution in [3.8, 4) is 0 Å². The normalized spacial score (nSPS) is 10.6. The number of amides is 1. The highest BCUT2D eigenvalue weighted by Gasteiger charge is 2.28. The maximum Gasteiger partial charge on any atom is 0.323 e. The van der Waals surface area contributed by atoms with Gasteiger partial charge in [-0.3, -0.25) is 19.3 Å². The lowest BCUT2D eigenvalue weighted by Crippen LogP contribution is -2.40. The number of nitrogens with one attached hydrogen (secondary N) is 1. The van der Waals surface area contributed by atoms with E-state index in [-0.39, 0.29) is 5.56 Å². The highest BCUT2D eigenvalue weighted by molar-refractivity contribution is 6.49. The molecule has 6 nitrogen and oxygen atoms in total. The quantitative estimate of drug-likeness (QED) is 0.552. The van der Waals surface area contributed by atoms with Crippen LogP contribution in [0.25, 0.3) is 10.9 Å². The van der Waals surface area contributed by atoms with Crippen LogP contribution in [0.15, 0.2) is 54.7 Å². The van der Waals surface area contributed by atoms with E-state index in [0.717, 1.165) is 4.90 Å². The Bertz CT molecular complexity index is 966. The monoisotopic (exact) mass is 340 g/mol. The second kappa shape index (κ2) is 6.56. The maximum atomic E-state index is 13.3. The van der Waals surface area contributed by atoms with Gasteiger partial charge in [0.05, 0.1) is 5.56 Å². The van der Waals surface area contributed by atoms with Crippen molar-refractivity contribution in [1.29, 1.82) is 0 Å². The molecule has 0 aliphatic rings. The molecule has 3 aromatic rings. The zero-order valence-electron chi connectivity index (χ0n) is 12.9. The van der Waals surface area contributed by atoms with Crippen molar-refractivity contribution in [1.82, 2.24) is 4.98 Å². The van der Waals surface area contributed by atoms with E-state index in [4.69, 9.17) is 5.11 Å². The van der Waals surface area contributed by atoms with E-state index in [1.807, 2.05) is 0 Å². The number of anilines is 1. The lowest BCUT2D eigenvalue weighted by Gasteiger charge is -2.19. The molecule has 7 heteroatoms. The van der Waals surface area contributed by atoms with Crippen LogP contribution in [0.4, 0.5) is 10.1 Å². The van der Waals surface area contributed by atoms with Gasteiger partial charge >= 0.3 is 5.97 Å². The van der Waals surface area contributed by atoms with Gasteiger partial charge in [-0.15, -0.1) is 0 Å². The number of carboxylic acid groups (broad SMARTS) is 1. The van der Waals surface area contributed by atoms with Gasteiger partial charge in [0.2, 0.25) is 0 Å². The third-order valence-corrected chi connectivity index (χ3v) is 3.69. The number of hydrogen-bond donors (Lipinski definition) is 2. The van der Waals surface area contributed by atoms with Crippen LogP contribution < -0.4 is 4.90 Å². The Morgan fingerprint density at radius 3 is 2.48 bits per heavy atom. The average molecular weight is 340 g/mol. The van der Waals surface area contributed by atoms with E-state index < -0.39 is 30.0 Å². The molecule has 0 unspecified atom stereocenters. The van der Waals surface area contributed by atoms with Gasteiger partial charge in [0.25, 0.3) is 11.7 Å². The number of aromatic amines is 1. The molecule has 0 atom stereocenters. The third-order valence-electron chi connectivity index (χ3n) is 3.69. The molecule has 126 valence electrons. The molecule has 1 heterocycles. The Morgan fingerprint density at radius 2 is 1.80 bits per heavy atom. The summed E-state index contributed by atoms with van der Waals surface area (Å²) in [5.74, 6) is -3.57. The zero-order valence-corrected chi connectivity index (χ0v) is 12.9. The van der Waals surface area contributed by atoms with Crippen LogP contribution in [0.3, 0.4) is 0 Å². The Kier molecular flexibility index (Phi) is 4.30. The van der Waals surface area contributed by atoms with E-state index in [2.05, 4.69) is 4.98 Å². The van der Waals surface area contributed by atoms with E-state index in [9.17, 15) is 18.8 Å². The molecular formula is C18H13FN2O4. The van der Waals surface area contributed by atoms with Gasteiger partial charge in [-0.2, -0.15) is 0 Å². The second-order valence-corrected chi connectivity index (χ2v) is 5.34. The van der Waals surface area contributed by atoms with Crippen LogP contribution in [-0.2, 0) is 9.59 Å². The number of Topliss-reactive ketones (excluding diaryl/α,β-unsaturated/α-hetero) is 1. The Balaban J connectivity index is 1.98. The summed E-state index contributed by atoms with van der Waals surface area (Å²) in [6, 6.07) is 11.9. The van der Waals surface area contributed by atoms with Crippen LogP contribution in [0.1, 0.15) is 10.4 Å². The second-order valence-electron chi connectivity index (χ2n) is 5.34. The number of aliphatic carboxylic acids is 1. The molecule has 0 aliphatic carbocycles. The van der Waals surface area contributed by atoms with Crippen molar-refractivity contribution in [3.05, 3.63) is 66.1 Å². The highest BCUT2D eigenvalue weighted by atomic mass is 19.1. The summed E-state index contributed by atoms with van der Waals surface area (Å²) in [4.78, 5) is 39.9. The summed E-state index contributed by atoms with van der Waals surface area (Å²) in [5, 5.41) is 9.45. The molecule has 0 bridgehead atoms. The number of hydrogen-bond acceptors (Lipinski definition) is 3. The van der Waals surface area contributed by atoms with Gasteiger partial charge in [-0.25, -0.2) is 4.39 Å². The van der Waals surface area contributed by atoms with E-state index in [0.29, 0.717) is 16.6 Å². The third kappa shape index (κ3) is 3.25. The lowest BCUT2D eigenvalue weighted by atomic mass is 10.1. The highest BCUT2D eigenvalue weighted by Crippen LogP contribution is 2.22. The molecule has 1 aromatic heterocycles. The predicted octanol–water partition coefficient (Wildman–Crippen LogP) is 2.61. The van der Waals surface area contributed by atoms with Gasteiger partial charge in [-0.05, 0) is 30.3 Å². The molecule has 2 aromatic carbocycles. The fourth-order valence-electron chi connectivity index (χ4n) is 2.55. The minimum Gasteiger partial charge on any atom is -0.480 e. The first-order chi connectivity index (χ1) is 12.0. The van der Waals surface area contributed by atoms with E-state index in [1.165, 1.54) is 24.4 Å². The summed E-state index contributed by atoms with van der Waals surface area (Å²) < 4.78 is 13.3. The fraction of sp³-hybridized carbons (Fsp3) is 0.0556. The minimum atomic E-state index is -1.24. The largest absolute Gasteiger partial charge is 0.480 e. The topological polar surface area (TPSA) is 90.5 Å². The van der Waals surface area contributed by atoms with Gasteiger partial charge in [0.15, 0.2) is 0 Å². The molecular weight excluding hydrogens is 327 g/mol. The number of ketones is 1. The lowest BCUT2D eigenvalue weighted by molar-refractivity contribution is -0.136. The van der Waals surface area contributed by atoms with Crippen molar-refractivity contribution in [2.75, 3.05) is 11.4 Å². The van der Waals surface area contributed by atoms with Gasteiger partial charge < -0.3 is 10.1 Å².